The number of hydrogen-bond donors (Lipinski definition) is 1. The van der Waals surface area contributed by atoms with Crippen LogP contribution in [0.15, 0.2) is 6.07 Å². The molecule has 0 aliphatic heterocycles. The molecule has 0 aliphatic rings. The maximum atomic E-state index is 8.81. The molecule has 0 radical (unpaired) electrons. The Morgan fingerprint density at radius 3 is 2.15 bits per heavy atom. The van der Waals surface area contributed by atoms with Crippen molar-refractivity contribution >= 4 is 5.69 Å². The van der Waals surface area contributed by atoms with Gasteiger partial charge >= 0.3 is 0 Å². The van der Waals surface area contributed by atoms with E-state index in [0.717, 1.165) is 5.56 Å². The van der Waals surface area contributed by atoms with Crippen molar-refractivity contribution in [2.45, 2.75) is 13.8 Å². The van der Waals surface area contributed by atoms with E-state index in [0.29, 0.717) is 22.4 Å². The third-order valence-electron chi connectivity index (χ3n) is 2.03. The highest BCUT2D eigenvalue weighted by Gasteiger charge is 2.10. The van der Waals surface area contributed by atoms with E-state index in [-0.39, 0.29) is 0 Å². The lowest BCUT2D eigenvalue weighted by Gasteiger charge is -2.06. The number of nitriles is 2. The standard InChI is InChI=1S/C10H9N3/c1-6-3-10(13)9(5-12)7(2)8(6)4-11/h3H,13H2,1-2H3. The van der Waals surface area contributed by atoms with Crippen molar-refractivity contribution < 1.29 is 0 Å². The Morgan fingerprint density at radius 2 is 1.69 bits per heavy atom. The van der Waals surface area contributed by atoms with Gasteiger partial charge in [0.15, 0.2) is 0 Å². The molecule has 1 rings (SSSR count). The summed E-state index contributed by atoms with van der Waals surface area (Å²) in [4.78, 5) is 0. The summed E-state index contributed by atoms with van der Waals surface area (Å²) in [6, 6.07) is 5.70. The molecule has 0 heterocycles. The summed E-state index contributed by atoms with van der Waals surface area (Å²) in [6.07, 6.45) is 0. The Balaban J connectivity index is 3.63. The van der Waals surface area contributed by atoms with E-state index in [9.17, 15) is 0 Å². The summed E-state index contributed by atoms with van der Waals surface area (Å²) >= 11 is 0. The number of nitrogens with zero attached hydrogens (tertiary/aromatic N) is 2. The summed E-state index contributed by atoms with van der Waals surface area (Å²) in [5.41, 5.74) is 8.50. The van der Waals surface area contributed by atoms with Crippen LogP contribution in [0.25, 0.3) is 0 Å². The smallest absolute Gasteiger partial charge is 0.102 e. The number of benzene rings is 1. The van der Waals surface area contributed by atoms with Crippen molar-refractivity contribution in [1.82, 2.24) is 0 Å². The molecule has 0 atom stereocenters. The first-order valence-electron chi connectivity index (χ1n) is 3.81. The molecule has 64 valence electrons. The summed E-state index contributed by atoms with van der Waals surface area (Å²) in [5.74, 6) is 0. The summed E-state index contributed by atoms with van der Waals surface area (Å²) in [5, 5.41) is 17.6. The summed E-state index contributed by atoms with van der Waals surface area (Å²) in [6.45, 7) is 3.55. The predicted octanol–water partition coefficient (Wildman–Crippen LogP) is 1.63. The van der Waals surface area contributed by atoms with Crippen LogP contribution in [-0.4, -0.2) is 0 Å². The van der Waals surface area contributed by atoms with Crippen LogP contribution in [-0.2, 0) is 0 Å². The van der Waals surface area contributed by atoms with Gasteiger partial charge in [0.1, 0.15) is 6.07 Å². The Labute approximate surface area is 77.0 Å². The van der Waals surface area contributed by atoms with Crippen LogP contribution < -0.4 is 5.73 Å². The molecule has 0 bridgehead atoms. The fourth-order valence-electron chi connectivity index (χ4n) is 1.34. The number of rotatable bonds is 0. The number of aryl methyl sites for hydroxylation is 1. The fourth-order valence-corrected chi connectivity index (χ4v) is 1.34. The second-order valence-electron chi connectivity index (χ2n) is 2.88. The lowest BCUT2D eigenvalue weighted by molar-refractivity contribution is 1.30. The van der Waals surface area contributed by atoms with Gasteiger partial charge in [-0.15, -0.1) is 0 Å². The van der Waals surface area contributed by atoms with Gasteiger partial charge in [-0.05, 0) is 31.0 Å². The monoisotopic (exact) mass is 171 g/mol. The minimum atomic E-state index is 0.405. The third kappa shape index (κ3) is 1.32. The molecule has 0 saturated heterocycles. The number of nitrogens with two attached hydrogens (primary N) is 1. The lowest BCUT2D eigenvalue weighted by Crippen LogP contribution is -1.98. The third-order valence-corrected chi connectivity index (χ3v) is 2.03. The highest BCUT2D eigenvalue weighted by molar-refractivity contribution is 5.64. The van der Waals surface area contributed by atoms with Crippen molar-refractivity contribution in [1.29, 1.82) is 10.5 Å². The average Bonchev–Trinajstić information content (AvgIpc) is 2.04. The van der Waals surface area contributed by atoms with E-state index >= 15 is 0 Å². The lowest BCUT2D eigenvalue weighted by atomic mass is 9.97. The Hall–Kier alpha value is -2.00. The Kier molecular flexibility index (Phi) is 2.21. The number of anilines is 1. The molecular weight excluding hydrogens is 162 g/mol. The predicted molar refractivity (Wildman–Crippen MR) is 49.8 cm³/mol. The summed E-state index contributed by atoms with van der Waals surface area (Å²) in [7, 11) is 0. The molecular formula is C10H9N3. The zero-order chi connectivity index (χ0) is 10.0. The van der Waals surface area contributed by atoms with Gasteiger partial charge in [0.05, 0.1) is 22.9 Å². The van der Waals surface area contributed by atoms with Gasteiger partial charge in [0.25, 0.3) is 0 Å². The van der Waals surface area contributed by atoms with Crippen molar-refractivity contribution in [2.24, 2.45) is 0 Å². The highest BCUT2D eigenvalue weighted by atomic mass is 14.6. The Bertz CT molecular complexity index is 395. The van der Waals surface area contributed by atoms with Crippen molar-refractivity contribution in [3.63, 3.8) is 0 Å². The quantitative estimate of drug-likeness (QED) is 0.603. The first-order valence-corrected chi connectivity index (χ1v) is 3.81. The minimum Gasteiger partial charge on any atom is -0.398 e. The van der Waals surface area contributed by atoms with Crippen molar-refractivity contribution in [3.05, 3.63) is 28.3 Å². The Morgan fingerprint density at radius 1 is 1.15 bits per heavy atom. The average molecular weight is 171 g/mol. The van der Waals surface area contributed by atoms with Crippen LogP contribution in [0, 0.1) is 36.5 Å². The van der Waals surface area contributed by atoms with E-state index in [4.69, 9.17) is 16.3 Å². The van der Waals surface area contributed by atoms with Gasteiger partial charge in [-0.1, -0.05) is 0 Å². The first-order chi connectivity index (χ1) is 6.11. The van der Waals surface area contributed by atoms with Crippen LogP contribution in [0.4, 0.5) is 5.69 Å². The molecule has 0 saturated carbocycles. The van der Waals surface area contributed by atoms with E-state index in [1.807, 2.05) is 13.0 Å². The molecule has 2 N–H and O–H groups in total. The topological polar surface area (TPSA) is 73.6 Å². The molecule has 1 aromatic carbocycles. The number of hydrogen-bond acceptors (Lipinski definition) is 3. The minimum absolute atomic E-state index is 0.405. The van der Waals surface area contributed by atoms with Crippen LogP contribution in [0.5, 0.6) is 0 Å². The van der Waals surface area contributed by atoms with Gasteiger partial charge in [-0.25, -0.2) is 0 Å². The number of nitrogen functional groups attached to an aromatic ring is 1. The van der Waals surface area contributed by atoms with Crippen LogP contribution in [0.1, 0.15) is 22.3 Å². The van der Waals surface area contributed by atoms with Gasteiger partial charge < -0.3 is 5.73 Å². The van der Waals surface area contributed by atoms with E-state index < -0.39 is 0 Å². The van der Waals surface area contributed by atoms with Gasteiger partial charge in [0, 0.05) is 0 Å². The molecule has 13 heavy (non-hydrogen) atoms. The molecule has 0 amide bonds. The molecule has 0 unspecified atom stereocenters. The van der Waals surface area contributed by atoms with Crippen molar-refractivity contribution in [3.8, 4) is 12.1 Å². The van der Waals surface area contributed by atoms with Crippen LogP contribution in [0.2, 0.25) is 0 Å². The van der Waals surface area contributed by atoms with Crippen LogP contribution >= 0.6 is 0 Å². The second kappa shape index (κ2) is 3.16. The molecule has 0 spiro atoms. The van der Waals surface area contributed by atoms with Crippen LogP contribution in [0.3, 0.4) is 0 Å². The molecule has 0 aliphatic carbocycles. The fraction of sp³-hybridized carbons (Fsp3) is 0.200. The zero-order valence-electron chi connectivity index (χ0n) is 7.55. The van der Waals surface area contributed by atoms with Gasteiger partial charge in [-0.2, -0.15) is 10.5 Å². The van der Waals surface area contributed by atoms with E-state index in [1.165, 1.54) is 0 Å². The van der Waals surface area contributed by atoms with E-state index in [1.54, 1.807) is 13.0 Å². The molecule has 1 aromatic rings. The van der Waals surface area contributed by atoms with E-state index in [2.05, 4.69) is 6.07 Å². The molecule has 3 nitrogen and oxygen atoms in total. The molecule has 0 fully saturated rings. The maximum absolute atomic E-state index is 8.81. The largest absolute Gasteiger partial charge is 0.398 e. The first kappa shape index (κ1) is 9.09. The molecule has 3 heteroatoms. The zero-order valence-corrected chi connectivity index (χ0v) is 7.55. The van der Waals surface area contributed by atoms with Crippen molar-refractivity contribution in [2.75, 3.05) is 5.73 Å². The SMILES string of the molecule is Cc1cc(N)c(C#N)c(C)c1C#N. The normalized spacial score (nSPS) is 8.92. The maximum Gasteiger partial charge on any atom is 0.102 e. The van der Waals surface area contributed by atoms with Gasteiger partial charge in [0.2, 0.25) is 0 Å². The summed E-state index contributed by atoms with van der Waals surface area (Å²) < 4.78 is 0. The second-order valence-corrected chi connectivity index (χ2v) is 2.88. The highest BCUT2D eigenvalue weighted by Crippen LogP contribution is 2.22. The van der Waals surface area contributed by atoms with Gasteiger partial charge in [-0.3, -0.25) is 0 Å². The molecule has 0 aromatic heterocycles.